The Balaban J connectivity index is 2.87. The minimum Gasteiger partial charge on any atom is -0.459 e. The lowest BCUT2D eigenvalue weighted by Gasteiger charge is -2.19. The maximum Gasteiger partial charge on any atom is 0.316 e. The quantitative estimate of drug-likeness (QED) is 0.511. The molecule has 0 radical (unpaired) electrons. The maximum atomic E-state index is 11.8. The summed E-state index contributed by atoms with van der Waals surface area (Å²) in [7, 11) is 1.84. The molecule has 0 saturated heterocycles. The van der Waals surface area contributed by atoms with Crippen LogP contribution in [0.2, 0.25) is 0 Å². The molecule has 1 heterocycles. The van der Waals surface area contributed by atoms with Crippen molar-refractivity contribution < 1.29 is 9.53 Å². The lowest BCUT2D eigenvalue weighted by Crippen LogP contribution is -2.25. The second kappa shape index (κ2) is 7.11. The first kappa shape index (κ1) is 17.8. The van der Waals surface area contributed by atoms with Gasteiger partial charge < -0.3 is 10.1 Å². The molecular formula is C15H25N3O2S. The fourth-order valence-corrected chi connectivity index (χ4v) is 2.44. The van der Waals surface area contributed by atoms with Crippen LogP contribution in [0.5, 0.6) is 0 Å². The van der Waals surface area contributed by atoms with Crippen LogP contribution in [0.1, 0.15) is 51.9 Å². The summed E-state index contributed by atoms with van der Waals surface area (Å²) in [5.41, 5.74) is 0.493. The van der Waals surface area contributed by atoms with Crippen molar-refractivity contribution in [1.29, 1.82) is 0 Å². The monoisotopic (exact) mass is 311 g/mol. The molecule has 0 aromatic carbocycles. The van der Waals surface area contributed by atoms with Gasteiger partial charge in [-0.1, -0.05) is 25.6 Å². The molecule has 0 spiro atoms. The number of ether oxygens (including phenoxy) is 1. The van der Waals surface area contributed by atoms with E-state index in [0.717, 1.165) is 22.2 Å². The van der Waals surface area contributed by atoms with E-state index in [2.05, 4.69) is 15.3 Å². The van der Waals surface area contributed by atoms with Crippen LogP contribution in [-0.2, 0) is 9.53 Å². The van der Waals surface area contributed by atoms with Crippen molar-refractivity contribution in [3.05, 3.63) is 11.4 Å². The number of hydrogen-bond acceptors (Lipinski definition) is 6. The molecule has 21 heavy (non-hydrogen) atoms. The molecule has 6 heteroatoms. The Hall–Kier alpha value is -1.30. The summed E-state index contributed by atoms with van der Waals surface area (Å²) < 4.78 is 5.31. The van der Waals surface area contributed by atoms with Gasteiger partial charge >= 0.3 is 5.97 Å². The van der Waals surface area contributed by atoms with Crippen molar-refractivity contribution in [3.63, 3.8) is 0 Å². The van der Waals surface area contributed by atoms with Gasteiger partial charge in [-0.25, -0.2) is 9.97 Å². The van der Waals surface area contributed by atoms with Crippen molar-refractivity contribution in [2.24, 2.45) is 0 Å². The van der Waals surface area contributed by atoms with E-state index in [4.69, 9.17) is 4.74 Å². The highest BCUT2D eigenvalue weighted by molar-refractivity contribution is 7.99. The highest BCUT2D eigenvalue weighted by Gasteiger charge is 2.18. The van der Waals surface area contributed by atoms with Crippen molar-refractivity contribution in [1.82, 2.24) is 9.97 Å². The van der Waals surface area contributed by atoms with E-state index in [0.29, 0.717) is 0 Å². The Bertz CT molecular complexity index is 510. The van der Waals surface area contributed by atoms with Gasteiger partial charge in [0, 0.05) is 18.5 Å². The first-order valence-corrected chi connectivity index (χ1v) is 8.03. The van der Waals surface area contributed by atoms with E-state index in [9.17, 15) is 4.79 Å². The minimum atomic E-state index is -0.461. The largest absolute Gasteiger partial charge is 0.459 e. The van der Waals surface area contributed by atoms with Crippen molar-refractivity contribution in [2.75, 3.05) is 18.1 Å². The SMILES string of the molecule is CNc1nc(C(C)C)nc(SCC(=O)OC(C)(C)C)c1C. The smallest absolute Gasteiger partial charge is 0.316 e. The predicted octanol–water partition coefficient (Wildman–Crippen LogP) is 3.38. The number of carbonyl (C=O) groups excluding carboxylic acids is 1. The van der Waals surface area contributed by atoms with Crippen LogP contribution in [-0.4, -0.2) is 34.3 Å². The van der Waals surface area contributed by atoms with Crippen LogP contribution < -0.4 is 5.32 Å². The molecular weight excluding hydrogens is 286 g/mol. The van der Waals surface area contributed by atoms with Crippen LogP contribution >= 0.6 is 11.8 Å². The van der Waals surface area contributed by atoms with Crippen molar-refractivity contribution >= 4 is 23.5 Å². The number of nitrogens with zero attached hydrogens (tertiary/aromatic N) is 2. The number of hydrogen-bond donors (Lipinski definition) is 1. The molecule has 0 atom stereocenters. The van der Waals surface area contributed by atoms with Crippen LogP contribution in [0, 0.1) is 6.92 Å². The lowest BCUT2D eigenvalue weighted by molar-refractivity contribution is -0.151. The number of nitrogens with one attached hydrogen (secondary N) is 1. The standard InChI is InChI=1S/C15H25N3O2S/c1-9(2)12-17-13(16-7)10(3)14(18-12)21-8-11(19)20-15(4,5)6/h9H,8H2,1-7H3,(H,16,17,18). The van der Waals surface area contributed by atoms with Gasteiger partial charge in [0.05, 0.1) is 5.75 Å². The Labute approximate surface area is 131 Å². The summed E-state index contributed by atoms with van der Waals surface area (Å²) in [5, 5.41) is 3.90. The minimum absolute atomic E-state index is 0.234. The van der Waals surface area contributed by atoms with Gasteiger partial charge in [0.2, 0.25) is 0 Å². The number of rotatable bonds is 5. The summed E-state index contributed by atoms with van der Waals surface area (Å²) in [5.74, 6) is 1.83. The molecule has 1 aromatic heterocycles. The number of carbonyl (C=O) groups is 1. The molecule has 0 aliphatic carbocycles. The van der Waals surface area contributed by atoms with Gasteiger partial charge in [0.1, 0.15) is 22.3 Å². The Kier molecular flexibility index (Phi) is 6.01. The maximum absolute atomic E-state index is 11.8. The first-order chi connectivity index (χ1) is 9.64. The normalized spacial score (nSPS) is 11.6. The highest BCUT2D eigenvalue weighted by atomic mass is 32.2. The van der Waals surface area contributed by atoms with Gasteiger partial charge in [-0.05, 0) is 27.7 Å². The molecule has 5 nitrogen and oxygen atoms in total. The molecule has 0 bridgehead atoms. The average Bonchev–Trinajstić information content (AvgIpc) is 2.35. The van der Waals surface area contributed by atoms with Crippen LogP contribution in [0.25, 0.3) is 0 Å². The van der Waals surface area contributed by atoms with E-state index in [1.165, 1.54) is 11.8 Å². The number of esters is 1. The van der Waals surface area contributed by atoms with Gasteiger partial charge in [0.15, 0.2) is 0 Å². The number of aromatic nitrogens is 2. The van der Waals surface area contributed by atoms with Gasteiger partial charge in [-0.3, -0.25) is 4.79 Å². The lowest BCUT2D eigenvalue weighted by atomic mass is 10.2. The first-order valence-electron chi connectivity index (χ1n) is 7.05. The molecule has 0 aliphatic rings. The molecule has 0 unspecified atom stereocenters. The number of anilines is 1. The van der Waals surface area contributed by atoms with E-state index in [1.54, 1.807) is 0 Å². The zero-order valence-corrected chi connectivity index (χ0v) is 14.7. The van der Waals surface area contributed by atoms with E-state index >= 15 is 0 Å². The summed E-state index contributed by atoms with van der Waals surface area (Å²) >= 11 is 1.39. The van der Waals surface area contributed by atoms with Gasteiger partial charge in [-0.2, -0.15) is 0 Å². The average molecular weight is 311 g/mol. The highest BCUT2D eigenvalue weighted by Crippen LogP contribution is 2.27. The van der Waals surface area contributed by atoms with Crippen molar-refractivity contribution in [2.45, 2.75) is 58.1 Å². The Morgan fingerprint density at radius 2 is 1.95 bits per heavy atom. The summed E-state index contributed by atoms with van der Waals surface area (Å²) in [4.78, 5) is 20.9. The fourth-order valence-electron chi connectivity index (χ4n) is 1.65. The second-order valence-electron chi connectivity index (χ2n) is 6.14. The van der Waals surface area contributed by atoms with E-state index in [1.807, 2.05) is 48.6 Å². The Morgan fingerprint density at radius 1 is 1.33 bits per heavy atom. The molecule has 0 saturated carbocycles. The van der Waals surface area contributed by atoms with Crippen LogP contribution in [0.4, 0.5) is 5.82 Å². The van der Waals surface area contributed by atoms with Gasteiger partial charge in [-0.15, -0.1) is 0 Å². The molecule has 1 rings (SSSR count). The second-order valence-corrected chi connectivity index (χ2v) is 7.10. The Morgan fingerprint density at radius 3 is 2.43 bits per heavy atom. The fraction of sp³-hybridized carbons (Fsp3) is 0.667. The summed E-state index contributed by atoms with van der Waals surface area (Å²) in [6.07, 6.45) is 0. The molecule has 0 amide bonds. The van der Waals surface area contributed by atoms with Gasteiger partial charge in [0.25, 0.3) is 0 Å². The molecule has 0 fully saturated rings. The molecule has 1 aromatic rings. The van der Waals surface area contributed by atoms with E-state index < -0.39 is 5.60 Å². The van der Waals surface area contributed by atoms with Crippen LogP contribution in [0.15, 0.2) is 5.03 Å². The molecule has 118 valence electrons. The zero-order valence-electron chi connectivity index (χ0n) is 13.9. The van der Waals surface area contributed by atoms with E-state index in [-0.39, 0.29) is 17.6 Å². The summed E-state index contributed by atoms with van der Waals surface area (Å²) in [6.45, 7) is 11.6. The topological polar surface area (TPSA) is 64.1 Å². The predicted molar refractivity (Wildman–Crippen MR) is 87.0 cm³/mol. The molecule has 1 N–H and O–H groups in total. The molecule has 0 aliphatic heterocycles. The third-order valence-electron chi connectivity index (χ3n) is 2.62. The summed E-state index contributed by atoms with van der Waals surface area (Å²) in [6, 6.07) is 0. The third-order valence-corrected chi connectivity index (χ3v) is 3.67. The van der Waals surface area contributed by atoms with Crippen LogP contribution in [0.3, 0.4) is 0 Å². The van der Waals surface area contributed by atoms with Crippen molar-refractivity contribution in [3.8, 4) is 0 Å². The zero-order chi connectivity index (χ0) is 16.2. The number of thioether (sulfide) groups is 1. The third kappa shape index (κ3) is 5.53.